The Labute approximate surface area is 91.4 Å². The van der Waals surface area contributed by atoms with Crippen LogP contribution in [0.25, 0.3) is 0 Å². The largest absolute Gasteiger partial charge is 0.392 e. The molecule has 2 heteroatoms. The normalized spacial score (nSPS) is 22.1. The van der Waals surface area contributed by atoms with E-state index >= 15 is 0 Å². The minimum atomic E-state index is -0.222. The maximum Gasteiger partial charge on any atom is 0.0634 e. The van der Waals surface area contributed by atoms with Gasteiger partial charge in [-0.05, 0) is 42.4 Å². The monoisotopic (exact) mass is 205 g/mol. The molecule has 2 rings (SSSR count). The Morgan fingerprint density at radius 2 is 1.87 bits per heavy atom. The molecule has 3 unspecified atom stereocenters. The number of hydrogen-bond donors (Lipinski definition) is 1. The second-order valence-corrected chi connectivity index (χ2v) is 4.76. The zero-order valence-corrected chi connectivity index (χ0v) is 9.43. The van der Waals surface area contributed by atoms with Crippen molar-refractivity contribution < 1.29 is 5.11 Å². The van der Waals surface area contributed by atoms with Crippen LogP contribution in [0.2, 0.25) is 0 Å². The lowest BCUT2D eigenvalue weighted by Crippen LogP contribution is -2.25. The van der Waals surface area contributed by atoms with E-state index in [1.165, 1.54) is 18.4 Å². The van der Waals surface area contributed by atoms with Crippen molar-refractivity contribution in [1.29, 1.82) is 0 Å². The van der Waals surface area contributed by atoms with Crippen LogP contribution in [0, 0.1) is 11.8 Å². The van der Waals surface area contributed by atoms with E-state index in [1.807, 2.05) is 12.1 Å². The topological polar surface area (TPSA) is 33.1 Å². The van der Waals surface area contributed by atoms with Crippen molar-refractivity contribution >= 4 is 0 Å². The minimum Gasteiger partial charge on any atom is -0.392 e. The molecule has 1 saturated carbocycles. The van der Waals surface area contributed by atoms with Gasteiger partial charge in [-0.1, -0.05) is 13.8 Å². The summed E-state index contributed by atoms with van der Waals surface area (Å²) >= 11 is 0. The van der Waals surface area contributed by atoms with E-state index in [1.54, 1.807) is 12.4 Å². The van der Waals surface area contributed by atoms with Crippen LogP contribution in [0.1, 0.15) is 38.2 Å². The predicted molar refractivity (Wildman–Crippen MR) is 60.5 cm³/mol. The maximum absolute atomic E-state index is 10.2. The van der Waals surface area contributed by atoms with E-state index in [9.17, 15) is 5.11 Å². The molecule has 0 saturated heterocycles. The van der Waals surface area contributed by atoms with Gasteiger partial charge in [0.25, 0.3) is 0 Å². The zero-order valence-electron chi connectivity index (χ0n) is 9.43. The Hall–Kier alpha value is -0.890. The lowest BCUT2D eigenvalue weighted by atomic mass is 9.86. The van der Waals surface area contributed by atoms with E-state index in [2.05, 4.69) is 18.8 Å². The van der Waals surface area contributed by atoms with Gasteiger partial charge in [-0.25, -0.2) is 0 Å². The summed E-state index contributed by atoms with van der Waals surface area (Å²) in [6.07, 6.45) is 5.95. The molecule has 2 nitrogen and oxygen atoms in total. The van der Waals surface area contributed by atoms with E-state index < -0.39 is 0 Å². The molecule has 0 spiro atoms. The SMILES string of the molecule is CC(c1ccncc1)C(O)C(C)C1CC1. The van der Waals surface area contributed by atoms with Crippen molar-refractivity contribution in [3.05, 3.63) is 30.1 Å². The molecule has 0 bridgehead atoms. The van der Waals surface area contributed by atoms with Gasteiger partial charge < -0.3 is 5.11 Å². The summed E-state index contributed by atoms with van der Waals surface area (Å²) in [7, 11) is 0. The average molecular weight is 205 g/mol. The molecule has 1 N–H and O–H groups in total. The summed E-state index contributed by atoms with van der Waals surface area (Å²) in [5.74, 6) is 1.39. The standard InChI is InChI=1S/C13H19NO/c1-9(11-3-4-11)13(15)10(2)12-5-7-14-8-6-12/h5-11,13,15H,3-4H2,1-2H3. The molecule has 82 valence electrons. The van der Waals surface area contributed by atoms with E-state index in [0.717, 1.165) is 5.92 Å². The van der Waals surface area contributed by atoms with Crippen LogP contribution in [0.15, 0.2) is 24.5 Å². The van der Waals surface area contributed by atoms with Gasteiger partial charge in [0.1, 0.15) is 0 Å². The summed E-state index contributed by atoms with van der Waals surface area (Å²) in [4.78, 5) is 4.00. The second-order valence-electron chi connectivity index (χ2n) is 4.76. The van der Waals surface area contributed by atoms with Crippen LogP contribution in [0.3, 0.4) is 0 Å². The first-order valence-electron chi connectivity index (χ1n) is 5.78. The maximum atomic E-state index is 10.2. The fourth-order valence-electron chi connectivity index (χ4n) is 2.22. The van der Waals surface area contributed by atoms with Gasteiger partial charge in [-0.3, -0.25) is 4.98 Å². The third-order valence-corrected chi connectivity index (χ3v) is 3.65. The van der Waals surface area contributed by atoms with Crippen molar-refractivity contribution in [2.75, 3.05) is 0 Å². The fraction of sp³-hybridized carbons (Fsp3) is 0.615. The molecule has 1 aliphatic carbocycles. The Morgan fingerprint density at radius 3 is 2.40 bits per heavy atom. The highest BCUT2D eigenvalue weighted by Gasteiger charge is 2.34. The van der Waals surface area contributed by atoms with Crippen molar-refractivity contribution in [3.8, 4) is 0 Å². The molecule has 0 amide bonds. The first-order valence-corrected chi connectivity index (χ1v) is 5.78. The summed E-state index contributed by atoms with van der Waals surface area (Å²) in [6.45, 7) is 4.26. The molecule has 0 aliphatic heterocycles. The highest BCUT2D eigenvalue weighted by molar-refractivity contribution is 5.16. The van der Waals surface area contributed by atoms with Gasteiger partial charge >= 0.3 is 0 Å². The summed E-state index contributed by atoms with van der Waals surface area (Å²) in [6, 6.07) is 3.99. The van der Waals surface area contributed by atoms with Crippen molar-refractivity contribution in [2.45, 2.75) is 38.7 Å². The molecule has 0 aromatic carbocycles. The number of aliphatic hydroxyl groups excluding tert-OH is 1. The molecule has 1 aliphatic rings. The molecule has 1 aromatic rings. The average Bonchev–Trinajstić information content (AvgIpc) is 3.11. The third-order valence-electron chi connectivity index (χ3n) is 3.65. The Balaban J connectivity index is 2.03. The zero-order chi connectivity index (χ0) is 10.8. The fourth-order valence-corrected chi connectivity index (χ4v) is 2.22. The summed E-state index contributed by atoms with van der Waals surface area (Å²) < 4.78 is 0. The molecule has 1 aromatic heterocycles. The molecular weight excluding hydrogens is 186 g/mol. The number of hydrogen-bond acceptors (Lipinski definition) is 2. The Morgan fingerprint density at radius 1 is 1.27 bits per heavy atom. The Bertz CT molecular complexity index is 308. The number of nitrogens with zero attached hydrogens (tertiary/aromatic N) is 1. The highest BCUT2D eigenvalue weighted by atomic mass is 16.3. The number of pyridine rings is 1. The van der Waals surface area contributed by atoms with Crippen LogP contribution in [0.4, 0.5) is 0 Å². The van der Waals surface area contributed by atoms with Crippen LogP contribution in [-0.4, -0.2) is 16.2 Å². The quantitative estimate of drug-likeness (QED) is 0.819. The third kappa shape index (κ3) is 2.37. The van der Waals surface area contributed by atoms with Crippen molar-refractivity contribution in [2.24, 2.45) is 11.8 Å². The van der Waals surface area contributed by atoms with Crippen LogP contribution < -0.4 is 0 Å². The van der Waals surface area contributed by atoms with Crippen molar-refractivity contribution in [1.82, 2.24) is 4.98 Å². The predicted octanol–water partition coefficient (Wildman–Crippen LogP) is 2.59. The second kappa shape index (κ2) is 4.31. The molecule has 1 fully saturated rings. The number of rotatable bonds is 4. The van der Waals surface area contributed by atoms with E-state index in [0.29, 0.717) is 5.92 Å². The van der Waals surface area contributed by atoms with Crippen LogP contribution in [-0.2, 0) is 0 Å². The van der Waals surface area contributed by atoms with E-state index in [-0.39, 0.29) is 12.0 Å². The first-order chi connectivity index (χ1) is 7.20. The van der Waals surface area contributed by atoms with Gasteiger partial charge in [0.2, 0.25) is 0 Å². The lowest BCUT2D eigenvalue weighted by Gasteiger charge is -2.25. The molecule has 15 heavy (non-hydrogen) atoms. The minimum absolute atomic E-state index is 0.212. The molecule has 3 atom stereocenters. The van der Waals surface area contributed by atoms with Gasteiger partial charge in [0.05, 0.1) is 6.10 Å². The van der Waals surface area contributed by atoms with Crippen LogP contribution in [0.5, 0.6) is 0 Å². The van der Waals surface area contributed by atoms with Gasteiger partial charge in [-0.2, -0.15) is 0 Å². The number of aliphatic hydroxyl groups is 1. The van der Waals surface area contributed by atoms with Gasteiger partial charge in [0.15, 0.2) is 0 Å². The van der Waals surface area contributed by atoms with Gasteiger partial charge in [0, 0.05) is 18.3 Å². The molecule has 0 radical (unpaired) electrons. The van der Waals surface area contributed by atoms with Crippen molar-refractivity contribution in [3.63, 3.8) is 0 Å². The Kier molecular flexibility index (Phi) is 3.06. The van der Waals surface area contributed by atoms with Gasteiger partial charge in [-0.15, -0.1) is 0 Å². The van der Waals surface area contributed by atoms with Crippen LogP contribution >= 0.6 is 0 Å². The molecular formula is C13H19NO. The molecule has 1 heterocycles. The highest BCUT2D eigenvalue weighted by Crippen LogP contribution is 2.41. The smallest absolute Gasteiger partial charge is 0.0634 e. The lowest BCUT2D eigenvalue weighted by molar-refractivity contribution is 0.0832. The first kappa shape index (κ1) is 10.6. The number of aromatic nitrogens is 1. The van der Waals surface area contributed by atoms with E-state index in [4.69, 9.17) is 0 Å². The summed E-state index contributed by atoms with van der Waals surface area (Å²) in [5, 5.41) is 10.2. The summed E-state index contributed by atoms with van der Waals surface area (Å²) in [5.41, 5.74) is 1.19.